The standard InChI is InChI=1S/C20H20F2O2/c1-3-5-13-6-11-16(20(23)24)17(12-13)14-7-9-15(10-8-14)19(22)18(21)4-2/h6-12H,3-5H2,1-2H3,(H,23,24)/b19-18+. The summed E-state index contributed by atoms with van der Waals surface area (Å²) in [7, 11) is 0. The first-order valence-corrected chi connectivity index (χ1v) is 7.99. The molecule has 0 aliphatic heterocycles. The summed E-state index contributed by atoms with van der Waals surface area (Å²) in [6.07, 6.45) is 1.80. The average Bonchev–Trinajstić information content (AvgIpc) is 2.60. The molecule has 0 fully saturated rings. The Morgan fingerprint density at radius 3 is 2.25 bits per heavy atom. The molecule has 24 heavy (non-hydrogen) atoms. The van der Waals surface area contributed by atoms with Crippen molar-refractivity contribution >= 4 is 11.8 Å². The highest BCUT2D eigenvalue weighted by Crippen LogP contribution is 2.29. The number of rotatable bonds is 6. The van der Waals surface area contributed by atoms with Gasteiger partial charge in [0.15, 0.2) is 5.83 Å². The Morgan fingerprint density at radius 1 is 1.04 bits per heavy atom. The van der Waals surface area contributed by atoms with Crippen molar-refractivity contribution in [3.8, 4) is 11.1 Å². The molecule has 0 aromatic heterocycles. The second kappa shape index (κ2) is 7.86. The summed E-state index contributed by atoms with van der Waals surface area (Å²) in [6, 6.07) is 11.4. The summed E-state index contributed by atoms with van der Waals surface area (Å²) >= 11 is 0. The maximum absolute atomic E-state index is 13.8. The first-order valence-electron chi connectivity index (χ1n) is 7.99. The third-order valence-corrected chi connectivity index (χ3v) is 3.85. The maximum atomic E-state index is 13.8. The number of carbonyl (C=O) groups is 1. The van der Waals surface area contributed by atoms with Crippen LogP contribution in [0.4, 0.5) is 8.78 Å². The van der Waals surface area contributed by atoms with Gasteiger partial charge in [-0.1, -0.05) is 56.7 Å². The van der Waals surface area contributed by atoms with E-state index < -0.39 is 17.6 Å². The van der Waals surface area contributed by atoms with Gasteiger partial charge in [-0.3, -0.25) is 0 Å². The summed E-state index contributed by atoms with van der Waals surface area (Å²) in [5, 5.41) is 9.38. The van der Waals surface area contributed by atoms with Gasteiger partial charge in [-0.25, -0.2) is 13.6 Å². The highest BCUT2D eigenvalue weighted by atomic mass is 19.2. The Kier molecular flexibility index (Phi) is 5.85. The van der Waals surface area contributed by atoms with E-state index in [1.807, 2.05) is 12.1 Å². The van der Waals surface area contributed by atoms with Crippen LogP contribution in [-0.2, 0) is 6.42 Å². The predicted octanol–water partition coefficient (Wildman–Crippen LogP) is 6.02. The van der Waals surface area contributed by atoms with Crippen LogP contribution in [0.25, 0.3) is 17.0 Å². The number of aromatic carboxylic acids is 1. The van der Waals surface area contributed by atoms with Crippen molar-refractivity contribution in [1.82, 2.24) is 0 Å². The first-order chi connectivity index (χ1) is 11.5. The number of hydrogen-bond donors (Lipinski definition) is 1. The molecule has 0 atom stereocenters. The van der Waals surface area contributed by atoms with Crippen LogP contribution in [0.15, 0.2) is 48.3 Å². The van der Waals surface area contributed by atoms with Crippen LogP contribution in [0.1, 0.15) is 48.2 Å². The molecule has 4 heteroatoms. The lowest BCUT2D eigenvalue weighted by Gasteiger charge is -2.10. The molecule has 0 saturated carbocycles. The van der Waals surface area contributed by atoms with Crippen LogP contribution in [0, 0.1) is 0 Å². The summed E-state index contributed by atoms with van der Waals surface area (Å²) in [4.78, 5) is 11.5. The minimum atomic E-state index is -1.01. The SMILES string of the molecule is CCCc1ccc(C(=O)O)c(-c2ccc(/C(F)=C(\F)CC)cc2)c1. The van der Waals surface area contributed by atoms with Gasteiger partial charge in [0.25, 0.3) is 0 Å². The van der Waals surface area contributed by atoms with E-state index in [4.69, 9.17) is 0 Å². The second-order valence-electron chi connectivity index (χ2n) is 5.58. The fraction of sp³-hybridized carbons (Fsp3) is 0.250. The highest BCUT2D eigenvalue weighted by molar-refractivity contribution is 5.96. The molecule has 1 N–H and O–H groups in total. The van der Waals surface area contributed by atoms with Gasteiger partial charge in [0.1, 0.15) is 5.83 Å². The third-order valence-electron chi connectivity index (χ3n) is 3.85. The Balaban J connectivity index is 2.47. The van der Waals surface area contributed by atoms with Crippen LogP contribution in [0.5, 0.6) is 0 Å². The van der Waals surface area contributed by atoms with E-state index in [9.17, 15) is 18.7 Å². The summed E-state index contributed by atoms with van der Waals surface area (Å²) in [5.74, 6) is -2.68. The van der Waals surface area contributed by atoms with Crippen molar-refractivity contribution in [3.05, 3.63) is 65.0 Å². The van der Waals surface area contributed by atoms with Crippen LogP contribution in [-0.4, -0.2) is 11.1 Å². The molecule has 126 valence electrons. The van der Waals surface area contributed by atoms with E-state index in [1.54, 1.807) is 25.1 Å². The zero-order valence-electron chi connectivity index (χ0n) is 13.8. The monoisotopic (exact) mass is 330 g/mol. The van der Waals surface area contributed by atoms with Crippen LogP contribution in [0.2, 0.25) is 0 Å². The Morgan fingerprint density at radius 2 is 1.71 bits per heavy atom. The van der Waals surface area contributed by atoms with Crippen LogP contribution >= 0.6 is 0 Å². The summed E-state index contributed by atoms with van der Waals surface area (Å²) in [5.41, 5.74) is 2.64. The van der Waals surface area contributed by atoms with E-state index in [0.29, 0.717) is 11.1 Å². The van der Waals surface area contributed by atoms with E-state index in [0.717, 1.165) is 18.4 Å². The number of allylic oxidation sites excluding steroid dienone is 1. The fourth-order valence-electron chi connectivity index (χ4n) is 2.57. The second-order valence-corrected chi connectivity index (χ2v) is 5.58. The van der Waals surface area contributed by atoms with E-state index >= 15 is 0 Å². The minimum Gasteiger partial charge on any atom is -0.478 e. The van der Waals surface area contributed by atoms with Gasteiger partial charge < -0.3 is 5.11 Å². The molecule has 2 nitrogen and oxygen atoms in total. The molecule has 0 unspecified atom stereocenters. The third kappa shape index (κ3) is 3.88. The zero-order chi connectivity index (χ0) is 17.7. The normalized spacial score (nSPS) is 12.0. The Labute approximate surface area is 140 Å². The van der Waals surface area contributed by atoms with Crippen molar-refractivity contribution in [3.63, 3.8) is 0 Å². The van der Waals surface area contributed by atoms with Crippen molar-refractivity contribution < 1.29 is 18.7 Å². The van der Waals surface area contributed by atoms with Gasteiger partial charge >= 0.3 is 5.97 Å². The topological polar surface area (TPSA) is 37.3 Å². The van der Waals surface area contributed by atoms with Crippen molar-refractivity contribution in [2.75, 3.05) is 0 Å². The number of halogens is 2. The quantitative estimate of drug-likeness (QED) is 0.703. The number of aryl methyl sites for hydroxylation is 1. The van der Waals surface area contributed by atoms with Crippen molar-refractivity contribution in [2.45, 2.75) is 33.1 Å². The molecule has 0 spiro atoms. The molecular formula is C20H20F2O2. The molecule has 0 saturated heterocycles. The molecule has 0 radical (unpaired) electrons. The van der Waals surface area contributed by atoms with Crippen LogP contribution < -0.4 is 0 Å². The minimum absolute atomic E-state index is 0.00416. The number of benzene rings is 2. The molecule has 0 heterocycles. The van der Waals surface area contributed by atoms with E-state index in [2.05, 4.69) is 6.92 Å². The summed E-state index contributed by atoms with van der Waals surface area (Å²) < 4.78 is 27.2. The van der Waals surface area contributed by atoms with Gasteiger partial charge in [-0.15, -0.1) is 0 Å². The van der Waals surface area contributed by atoms with Crippen molar-refractivity contribution in [1.29, 1.82) is 0 Å². The van der Waals surface area contributed by atoms with Gasteiger partial charge in [-0.05, 0) is 35.6 Å². The maximum Gasteiger partial charge on any atom is 0.336 e. The first kappa shape index (κ1) is 17.9. The number of carboxylic acid groups (broad SMARTS) is 1. The largest absolute Gasteiger partial charge is 0.478 e. The zero-order valence-corrected chi connectivity index (χ0v) is 13.8. The Hall–Kier alpha value is -2.49. The molecule has 0 aliphatic carbocycles. The van der Waals surface area contributed by atoms with Gasteiger partial charge in [0.05, 0.1) is 5.56 Å². The number of hydrogen-bond acceptors (Lipinski definition) is 1. The molecule has 0 amide bonds. The molecule has 2 aromatic rings. The van der Waals surface area contributed by atoms with Gasteiger partial charge in [0, 0.05) is 5.56 Å². The van der Waals surface area contributed by atoms with Gasteiger partial charge in [-0.2, -0.15) is 0 Å². The molecular weight excluding hydrogens is 310 g/mol. The molecule has 2 aromatic carbocycles. The highest BCUT2D eigenvalue weighted by Gasteiger charge is 2.13. The van der Waals surface area contributed by atoms with E-state index in [-0.39, 0.29) is 17.5 Å². The lowest BCUT2D eigenvalue weighted by atomic mass is 9.95. The lowest BCUT2D eigenvalue weighted by molar-refractivity contribution is 0.0697. The summed E-state index contributed by atoms with van der Waals surface area (Å²) in [6.45, 7) is 3.60. The number of carboxylic acids is 1. The van der Waals surface area contributed by atoms with Crippen LogP contribution in [0.3, 0.4) is 0 Å². The fourth-order valence-corrected chi connectivity index (χ4v) is 2.57. The molecule has 2 rings (SSSR count). The smallest absolute Gasteiger partial charge is 0.336 e. The van der Waals surface area contributed by atoms with Gasteiger partial charge in [0.2, 0.25) is 0 Å². The molecule has 0 bridgehead atoms. The van der Waals surface area contributed by atoms with Crippen molar-refractivity contribution in [2.24, 2.45) is 0 Å². The predicted molar refractivity (Wildman–Crippen MR) is 92.3 cm³/mol. The Bertz CT molecular complexity index is 762. The molecule has 0 aliphatic rings. The lowest BCUT2D eigenvalue weighted by Crippen LogP contribution is -2.01. The average molecular weight is 330 g/mol. The van der Waals surface area contributed by atoms with E-state index in [1.165, 1.54) is 12.1 Å².